The van der Waals surface area contributed by atoms with Crippen LogP contribution in [-0.2, 0) is 0 Å². The third kappa shape index (κ3) is 3.53. The van der Waals surface area contributed by atoms with E-state index in [2.05, 4.69) is 5.43 Å². The molecule has 0 radical (unpaired) electrons. The Bertz CT molecular complexity index is 132. The van der Waals surface area contributed by atoms with E-state index >= 15 is 0 Å². The number of aliphatic hydroxyl groups is 5. The average Bonchev–Trinajstić information content (AvgIpc) is 2.17. The number of nitrogens with two attached hydrogens (primary N) is 1. The summed E-state index contributed by atoms with van der Waals surface area (Å²) in [6, 6.07) is -0.948. The van der Waals surface area contributed by atoms with E-state index in [9.17, 15) is 5.11 Å². The summed E-state index contributed by atoms with van der Waals surface area (Å²) in [7, 11) is 0. The molecule has 80 valence electrons. The maximum Gasteiger partial charge on any atom is 0.110 e. The van der Waals surface area contributed by atoms with Gasteiger partial charge in [0.15, 0.2) is 0 Å². The zero-order valence-electron chi connectivity index (χ0n) is 7.04. The molecular formula is C6H16N2O5. The molecule has 4 atom stereocenters. The normalized spacial score (nSPS) is 20.8. The summed E-state index contributed by atoms with van der Waals surface area (Å²) in [5.74, 6) is 4.94. The van der Waals surface area contributed by atoms with Crippen molar-refractivity contribution in [1.82, 2.24) is 5.43 Å². The molecule has 0 unspecified atom stereocenters. The lowest BCUT2D eigenvalue weighted by Gasteiger charge is -2.26. The molecule has 0 saturated heterocycles. The first-order chi connectivity index (χ1) is 6.08. The van der Waals surface area contributed by atoms with Crippen LogP contribution < -0.4 is 11.3 Å². The van der Waals surface area contributed by atoms with Crippen LogP contribution in [0.3, 0.4) is 0 Å². The minimum atomic E-state index is -1.56. The Morgan fingerprint density at radius 3 is 1.85 bits per heavy atom. The van der Waals surface area contributed by atoms with E-state index in [0.717, 1.165) is 0 Å². The summed E-state index contributed by atoms with van der Waals surface area (Å²) in [5.41, 5.74) is 2.06. The molecule has 0 fully saturated rings. The molecule has 0 aliphatic rings. The maximum absolute atomic E-state index is 9.26. The molecule has 7 nitrogen and oxygen atoms in total. The molecule has 0 heterocycles. The Morgan fingerprint density at radius 2 is 1.54 bits per heavy atom. The summed E-state index contributed by atoms with van der Waals surface area (Å²) in [5, 5.41) is 44.4. The Morgan fingerprint density at radius 1 is 1.00 bits per heavy atom. The second-order valence-electron chi connectivity index (χ2n) is 2.69. The van der Waals surface area contributed by atoms with Crippen LogP contribution in [0.25, 0.3) is 0 Å². The molecule has 8 N–H and O–H groups in total. The second-order valence-corrected chi connectivity index (χ2v) is 2.69. The van der Waals surface area contributed by atoms with Gasteiger partial charge >= 0.3 is 0 Å². The van der Waals surface area contributed by atoms with E-state index in [-0.39, 0.29) is 0 Å². The largest absolute Gasteiger partial charge is 0.395 e. The fourth-order valence-electron chi connectivity index (χ4n) is 0.833. The molecule has 0 aromatic carbocycles. The van der Waals surface area contributed by atoms with Crippen molar-refractivity contribution in [3.63, 3.8) is 0 Å². The van der Waals surface area contributed by atoms with Crippen molar-refractivity contribution in [2.24, 2.45) is 5.84 Å². The van der Waals surface area contributed by atoms with Crippen molar-refractivity contribution in [2.75, 3.05) is 13.2 Å². The van der Waals surface area contributed by atoms with Crippen LogP contribution >= 0.6 is 0 Å². The predicted octanol–water partition coefficient (Wildman–Crippen LogP) is -4.11. The monoisotopic (exact) mass is 196 g/mol. The molecule has 0 aliphatic carbocycles. The molecule has 13 heavy (non-hydrogen) atoms. The fraction of sp³-hybridized carbons (Fsp3) is 1.00. The molecule has 0 bridgehead atoms. The van der Waals surface area contributed by atoms with Gasteiger partial charge in [-0.1, -0.05) is 0 Å². The Hall–Kier alpha value is -0.280. The van der Waals surface area contributed by atoms with Gasteiger partial charge in [0.1, 0.15) is 18.3 Å². The van der Waals surface area contributed by atoms with Gasteiger partial charge in [-0.2, -0.15) is 0 Å². The van der Waals surface area contributed by atoms with E-state index in [1.54, 1.807) is 0 Å². The third-order valence-corrected chi connectivity index (χ3v) is 1.75. The molecule has 0 amide bonds. The SMILES string of the molecule is NN[C@H](CO)[C@@H](O)[C@H](O)[C@H](O)CO. The summed E-state index contributed by atoms with van der Waals surface area (Å²) < 4.78 is 0. The number of hydrazine groups is 1. The Balaban J connectivity index is 4.13. The molecular weight excluding hydrogens is 180 g/mol. The van der Waals surface area contributed by atoms with Crippen LogP contribution in [0.5, 0.6) is 0 Å². The quantitative estimate of drug-likeness (QED) is 0.169. The van der Waals surface area contributed by atoms with Gasteiger partial charge in [-0.15, -0.1) is 0 Å². The van der Waals surface area contributed by atoms with E-state index < -0.39 is 37.6 Å². The average molecular weight is 196 g/mol. The molecule has 0 aromatic rings. The van der Waals surface area contributed by atoms with Crippen molar-refractivity contribution < 1.29 is 25.5 Å². The third-order valence-electron chi connectivity index (χ3n) is 1.75. The highest BCUT2D eigenvalue weighted by Gasteiger charge is 2.29. The van der Waals surface area contributed by atoms with Crippen LogP contribution in [0.2, 0.25) is 0 Å². The summed E-state index contributed by atoms with van der Waals surface area (Å²) in [6.07, 6.45) is -4.47. The van der Waals surface area contributed by atoms with Gasteiger partial charge in [0.25, 0.3) is 0 Å². The summed E-state index contributed by atoms with van der Waals surface area (Å²) >= 11 is 0. The van der Waals surface area contributed by atoms with Gasteiger partial charge in [-0.25, -0.2) is 0 Å². The van der Waals surface area contributed by atoms with Crippen LogP contribution in [0.15, 0.2) is 0 Å². The van der Waals surface area contributed by atoms with Crippen molar-refractivity contribution in [3.8, 4) is 0 Å². The van der Waals surface area contributed by atoms with Crippen LogP contribution in [-0.4, -0.2) is 63.1 Å². The van der Waals surface area contributed by atoms with Crippen LogP contribution in [0.1, 0.15) is 0 Å². The second kappa shape index (κ2) is 6.22. The van der Waals surface area contributed by atoms with Crippen LogP contribution in [0, 0.1) is 0 Å². The number of nitrogens with one attached hydrogen (secondary N) is 1. The zero-order valence-corrected chi connectivity index (χ0v) is 7.04. The number of aliphatic hydroxyl groups excluding tert-OH is 5. The molecule has 0 saturated carbocycles. The van der Waals surface area contributed by atoms with Crippen molar-refractivity contribution in [3.05, 3.63) is 0 Å². The van der Waals surface area contributed by atoms with E-state index in [4.69, 9.17) is 26.3 Å². The number of rotatable bonds is 6. The van der Waals surface area contributed by atoms with Gasteiger partial charge in [0.05, 0.1) is 19.3 Å². The lowest BCUT2D eigenvalue weighted by Crippen LogP contribution is -2.54. The molecule has 0 rings (SSSR count). The highest BCUT2D eigenvalue weighted by atomic mass is 16.4. The lowest BCUT2D eigenvalue weighted by atomic mass is 10.0. The van der Waals surface area contributed by atoms with Crippen molar-refractivity contribution in [2.45, 2.75) is 24.4 Å². The minimum Gasteiger partial charge on any atom is -0.395 e. The smallest absolute Gasteiger partial charge is 0.110 e. The first kappa shape index (κ1) is 12.7. The summed E-state index contributed by atoms with van der Waals surface area (Å²) in [4.78, 5) is 0. The fourth-order valence-corrected chi connectivity index (χ4v) is 0.833. The summed E-state index contributed by atoms with van der Waals surface area (Å²) in [6.45, 7) is -1.17. The van der Waals surface area contributed by atoms with Crippen molar-refractivity contribution in [1.29, 1.82) is 0 Å². The standard InChI is InChI=1S/C6H16N2O5/c7-8-3(1-9)5(12)6(13)4(11)2-10/h3-6,8-13H,1-2,7H2/t3-,4-,5-,6-/m1/s1. The molecule has 0 aliphatic heterocycles. The highest BCUT2D eigenvalue weighted by molar-refractivity contribution is 4.83. The highest BCUT2D eigenvalue weighted by Crippen LogP contribution is 2.03. The van der Waals surface area contributed by atoms with Gasteiger partial charge in [-0.3, -0.25) is 11.3 Å². The maximum atomic E-state index is 9.26. The van der Waals surface area contributed by atoms with Crippen molar-refractivity contribution >= 4 is 0 Å². The van der Waals surface area contributed by atoms with Crippen LogP contribution in [0.4, 0.5) is 0 Å². The zero-order chi connectivity index (χ0) is 10.4. The van der Waals surface area contributed by atoms with Gasteiger partial charge in [0.2, 0.25) is 0 Å². The first-order valence-electron chi connectivity index (χ1n) is 3.80. The topological polar surface area (TPSA) is 139 Å². The molecule has 0 aromatic heterocycles. The van der Waals surface area contributed by atoms with Gasteiger partial charge in [0, 0.05) is 0 Å². The van der Waals surface area contributed by atoms with E-state index in [1.165, 1.54) is 0 Å². The Kier molecular flexibility index (Phi) is 6.08. The van der Waals surface area contributed by atoms with Gasteiger partial charge in [-0.05, 0) is 0 Å². The number of hydrogen-bond acceptors (Lipinski definition) is 7. The minimum absolute atomic E-state index is 0.493. The number of hydrogen-bond donors (Lipinski definition) is 7. The lowest BCUT2D eigenvalue weighted by molar-refractivity contribution is -0.0916. The Labute approximate surface area is 75.4 Å². The molecule has 0 spiro atoms. The van der Waals surface area contributed by atoms with E-state index in [1.807, 2.05) is 0 Å². The van der Waals surface area contributed by atoms with E-state index in [0.29, 0.717) is 0 Å². The van der Waals surface area contributed by atoms with Gasteiger partial charge < -0.3 is 25.5 Å². The predicted molar refractivity (Wildman–Crippen MR) is 43.3 cm³/mol. The molecule has 7 heteroatoms. The first-order valence-corrected chi connectivity index (χ1v) is 3.80.